The lowest BCUT2D eigenvalue weighted by atomic mass is 9.83. The predicted octanol–water partition coefficient (Wildman–Crippen LogP) is 1.76. The van der Waals surface area contributed by atoms with Crippen molar-refractivity contribution in [2.45, 2.75) is 30.9 Å². The molecule has 0 N–H and O–H groups in total. The fourth-order valence-electron chi connectivity index (χ4n) is 1.88. The quantitative estimate of drug-likeness (QED) is 0.766. The smallest absolute Gasteiger partial charge is 0.238 e. The first-order chi connectivity index (χ1) is 6.96. The molecule has 1 fully saturated rings. The fraction of sp³-hybridized carbons (Fsp3) is 0.667. The van der Waals surface area contributed by atoms with Crippen molar-refractivity contribution in [1.82, 2.24) is 9.78 Å². The molecule has 0 aliphatic heterocycles. The molecule has 0 amide bonds. The van der Waals surface area contributed by atoms with Crippen LogP contribution in [0, 0.1) is 0 Å². The molecular weight excluding hydrogens is 236 g/mol. The largest absolute Gasteiger partial charge is 0.272 e. The Bertz CT molecular complexity index is 462. The van der Waals surface area contributed by atoms with Gasteiger partial charge in [0, 0.05) is 29.3 Å². The Balaban J connectivity index is 2.20. The second kappa shape index (κ2) is 3.79. The Labute approximate surface area is 93.7 Å². The molecule has 1 aromatic heterocycles. The molecule has 1 aliphatic rings. The van der Waals surface area contributed by atoms with E-state index in [4.69, 9.17) is 10.7 Å². The summed E-state index contributed by atoms with van der Waals surface area (Å²) < 4.78 is 23.5. The van der Waals surface area contributed by atoms with Crippen molar-refractivity contribution in [2.24, 2.45) is 7.05 Å². The van der Waals surface area contributed by atoms with E-state index >= 15 is 0 Å². The fourth-order valence-corrected chi connectivity index (χ4v) is 2.71. The van der Waals surface area contributed by atoms with Crippen LogP contribution in [0.3, 0.4) is 0 Å². The third-order valence-electron chi connectivity index (χ3n) is 2.81. The number of aryl methyl sites for hydroxylation is 1. The van der Waals surface area contributed by atoms with E-state index in [0.717, 1.165) is 5.69 Å². The van der Waals surface area contributed by atoms with Gasteiger partial charge in [-0.1, -0.05) is 6.42 Å². The SMILES string of the molecule is Cn1nc(CS(=O)(=O)Cl)cc1C1CCC1. The summed E-state index contributed by atoms with van der Waals surface area (Å²) in [7, 11) is 3.53. The Kier molecular flexibility index (Phi) is 2.77. The Morgan fingerprint density at radius 3 is 2.73 bits per heavy atom. The number of aromatic nitrogens is 2. The van der Waals surface area contributed by atoms with Gasteiger partial charge in [0.05, 0.1) is 5.69 Å². The lowest BCUT2D eigenvalue weighted by Gasteiger charge is -2.25. The molecule has 0 saturated heterocycles. The summed E-state index contributed by atoms with van der Waals surface area (Å²) in [6, 6.07) is 1.85. The van der Waals surface area contributed by atoms with Gasteiger partial charge < -0.3 is 0 Å². The van der Waals surface area contributed by atoms with E-state index in [1.165, 1.54) is 19.3 Å². The van der Waals surface area contributed by atoms with Gasteiger partial charge in [0.15, 0.2) is 0 Å². The molecule has 6 heteroatoms. The molecule has 0 bridgehead atoms. The predicted molar refractivity (Wildman–Crippen MR) is 58.3 cm³/mol. The van der Waals surface area contributed by atoms with Crippen molar-refractivity contribution in [2.75, 3.05) is 0 Å². The molecule has 4 nitrogen and oxygen atoms in total. The summed E-state index contributed by atoms with van der Waals surface area (Å²) in [6.07, 6.45) is 3.60. The van der Waals surface area contributed by atoms with Crippen LogP contribution in [0.1, 0.15) is 36.6 Å². The monoisotopic (exact) mass is 248 g/mol. The maximum Gasteiger partial charge on any atom is 0.238 e. The highest BCUT2D eigenvalue weighted by atomic mass is 35.7. The summed E-state index contributed by atoms with van der Waals surface area (Å²) in [6.45, 7) is 0. The Hall–Kier alpha value is -0.550. The van der Waals surface area contributed by atoms with E-state index in [1.54, 1.807) is 4.68 Å². The summed E-state index contributed by atoms with van der Waals surface area (Å²) in [5.74, 6) is 0.365. The van der Waals surface area contributed by atoms with Crippen LogP contribution in [0.25, 0.3) is 0 Å². The first kappa shape index (κ1) is 11.0. The van der Waals surface area contributed by atoms with Gasteiger partial charge >= 0.3 is 0 Å². The first-order valence-electron chi connectivity index (χ1n) is 4.91. The van der Waals surface area contributed by atoms with E-state index < -0.39 is 9.05 Å². The van der Waals surface area contributed by atoms with Gasteiger partial charge in [-0.15, -0.1) is 0 Å². The Morgan fingerprint density at radius 1 is 1.60 bits per heavy atom. The average molecular weight is 249 g/mol. The van der Waals surface area contributed by atoms with Gasteiger partial charge in [-0.25, -0.2) is 8.42 Å². The van der Waals surface area contributed by atoms with Crippen LogP contribution in [-0.4, -0.2) is 18.2 Å². The molecular formula is C9H13ClN2O2S. The number of hydrogen-bond donors (Lipinski definition) is 0. The third-order valence-corrected chi connectivity index (χ3v) is 3.78. The highest BCUT2D eigenvalue weighted by Crippen LogP contribution is 2.36. The standard InChI is InChI=1S/C9H13ClN2O2S/c1-12-9(7-3-2-4-7)5-8(11-12)6-15(10,13)14/h5,7H,2-4,6H2,1H3. The molecule has 0 unspecified atom stereocenters. The van der Waals surface area contributed by atoms with E-state index in [2.05, 4.69) is 5.10 Å². The third kappa shape index (κ3) is 2.52. The van der Waals surface area contributed by atoms with E-state index in [9.17, 15) is 8.42 Å². The maximum absolute atomic E-state index is 10.9. The van der Waals surface area contributed by atoms with Crippen molar-refractivity contribution < 1.29 is 8.42 Å². The maximum atomic E-state index is 10.9. The average Bonchev–Trinajstić information content (AvgIpc) is 2.24. The molecule has 1 heterocycles. The van der Waals surface area contributed by atoms with Gasteiger partial charge in [0.2, 0.25) is 9.05 Å². The van der Waals surface area contributed by atoms with Crippen LogP contribution in [0.5, 0.6) is 0 Å². The topological polar surface area (TPSA) is 52.0 Å². The lowest BCUT2D eigenvalue weighted by Crippen LogP contribution is -2.12. The minimum atomic E-state index is -3.50. The first-order valence-corrected chi connectivity index (χ1v) is 7.39. The van der Waals surface area contributed by atoms with Crippen molar-refractivity contribution >= 4 is 19.7 Å². The summed E-state index contributed by atoms with van der Waals surface area (Å²) in [5.41, 5.74) is 1.66. The van der Waals surface area contributed by atoms with E-state index in [-0.39, 0.29) is 5.75 Å². The molecule has 1 aromatic rings. The van der Waals surface area contributed by atoms with Crippen molar-refractivity contribution in [1.29, 1.82) is 0 Å². The number of halogens is 1. The van der Waals surface area contributed by atoms with Crippen LogP contribution in [-0.2, 0) is 21.9 Å². The zero-order chi connectivity index (χ0) is 11.1. The van der Waals surface area contributed by atoms with Crippen LogP contribution >= 0.6 is 10.7 Å². The summed E-state index contributed by atoms with van der Waals surface area (Å²) in [4.78, 5) is 0. The van der Waals surface area contributed by atoms with Gasteiger partial charge in [-0.3, -0.25) is 4.68 Å². The summed E-state index contributed by atoms with van der Waals surface area (Å²) in [5, 5.41) is 4.15. The zero-order valence-corrected chi connectivity index (χ0v) is 10.1. The molecule has 2 rings (SSSR count). The second-order valence-electron chi connectivity index (χ2n) is 4.00. The molecule has 0 radical (unpaired) electrons. The Morgan fingerprint density at radius 2 is 2.27 bits per heavy atom. The number of hydrogen-bond acceptors (Lipinski definition) is 3. The van der Waals surface area contributed by atoms with Crippen LogP contribution < -0.4 is 0 Å². The van der Waals surface area contributed by atoms with E-state index in [0.29, 0.717) is 11.6 Å². The van der Waals surface area contributed by atoms with E-state index in [1.807, 2.05) is 13.1 Å². The normalized spacial score (nSPS) is 17.7. The molecule has 1 aliphatic carbocycles. The van der Waals surface area contributed by atoms with Crippen LogP contribution in [0.15, 0.2) is 6.07 Å². The van der Waals surface area contributed by atoms with Crippen molar-refractivity contribution in [3.63, 3.8) is 0 Å². The molecule has 1 saturated carbocycles. The number of nitrogens with zero attached hydrogens (tertiary/aromatic N) is 2. The highest BCUT2D eigenvalue weighted by molar-refractivity contribution is 8.13. The molecule has 0 aromatic carbocycles. The highest BCUT2D eigenvalue weighted by Gasteiger charge is 2.24. The molecule has 84 valence electrons. The van der Waals surface area contributed by atoms with Crippen molar-refractivity contribution in [3.05, 3.63) is 17.5 Å². The lowest BCUT2D eigenvalue weighted by molar-refractivity contribution is 0.397. The van der Waals surface area contributed by atoms with Gasteiger partial charge in [-0.05, 0) is 18.9 Å². The zero-order valence-electron chi connectivity index (χ0n) is 8.48. The molecule has 0 atom stereocenters. The summed E-state index contributed by atoms with van der Waals surface area (Å²) >= 11 is 0. The number of rotatable bonds is 3. The minimum Gasteiger partial charge on any atom is -0.272 e. The molecule has 15 heavy (non-hydrogen) atoms. The minimum absolute atomic E-state index is 0.185. The van der Waals surface area contributed by atoms with Crippen molar-refractivity contribution in [3.8, 4) is 0 Å². The van der Waals surface area contributed by atoms with Gasteiger partial charge in [0.1, 0.15) is 5.75 Å². The van der Waals surface area contributed by atoms with Gasteiger partial charge in [-0.2, -0.15) is 5.10 Å². The van der Waals surface area contributed by atoms with Crippen LogP contribution in [0.4, 0.5) is 0 Å². The van der Waals surface area contributed by atoms with Gasteiger partial charge in [0.25, 0.3) is 0 Å². The van der Waals surface area contributed by atoms with Crippen LogP contribution in [0.2, 0.25) is 0 Å². The second-order valence-corrected chi connectivity index (χ2v) is 6.77. The molecule has 0 spiro atoms.